The molecule has 0 saturated heterocycles. The maximum Gasteiger partial charge on any atom is 0.283 e. The summed E-state index contributed by atoms with van der Waals surface area (Å²) < 4.78 is 0.938. The van der Waals surface area contributed by atoms with Gasteiger partial charge in [0.15, 0.2) is 0 Å². The van der Waals surface area contributed by atoms with E-state index in [4.69, 9.17) is 0 Å². The molecule has 0 aliphatic heterocycles. The van der Waals surface area contributed by atoms with Crippen molar-refractivity contribution < 1.29 is 4.92 Å². The van der Waals surface area contributed by atoms with Gasteiger partial charge in [-0.05, 0) is 46.7 Å². The van der Waals surface area contributed by atoms with Crippen LogP contribution < -0.4 is 5.32 Å². The molecular formula is C14H13BrN2O2S. The predicted molar refractivity (Wildman–Crippen MR) is 84.1 cm³/mol. The molecule has 6 heteroatoms. The molecule has 0 spiro atoms. The SMILES string of the molecule is CNCc1ccc(Sc2ccccc2[N+](=O)[O-])c(Br)c1. The van der Waals surface area contributed by atoms with Gasteiger partial charge in [0.25, 0.3) is 5.69 Å². The summed E-state index contributed by atoms with van der Waals surface area (Å²) in [7, 11) is 1.89. The highest BCUT2D eigenvalue weighted by Gasteiger charge is 2.14. The van der Waals surface area contributed by atoms with Crippen molar-refractivity contribution in [2.24, 2.45) is 0 Å². The number of nitro benzene ring substituents is 1. The molecule has 0 saturated carbocycles. The van der Waals surface area contributed by atoms with Crippen LogP contribution in [0.3, 0.4) is 0 Å². The summed E-state index contributed by atoms with van der Waals surface area (Å²) in [6, 6.07) is 12.8. The zero-order chi connectivity index (χ0) is 14.5. The van der Waals surface area contributed by atoms with Crippen LogP contribution >= 0.6 is 27.7 Å². The van der Waals surface area contributed by atoms with Gasteiger partial charge in [-0.2, -0.15) is 0 Å². The Morgan fingerprint density at radius 2 is 2.00 bits per heavy atom. The van der Waals surface area contributed by atoms with E-state index in [0.717, 1.165) is 21.5 Å². The van der Waals surface area contributed by atoms with Crippen LogP contribution in [0.4, 0.5) is 5.69 Å². The van der Waals surface area contributed by atoms with Gasteiger partial charge < -0.3 is 5.32 Å². The van der Waals surface area contributed by atoms with Gasteiger partial charge >= 0.3 is 0 Å². The van der Waals surface area contributed by atoms with E-state index in [0.29, 0.717) is 4.90 Å². The normalized spacial score (nSPS) is 10.5. The van der Waals surface area contributed by atoms with E-state index in [1.54, 1.807) is 18.2 Å². The van der Waals surface area contributed by atoms with Crippen LogP contribution in [0.25, 0.3) is 0 Å². The molecule has 4 nitrogen and oxygen atoms in total. The van der Waals surface area contributed by atoms with E-state index in [1.807, 2.05) is 25.2 Å². The van der Waals surface area contributed by atoms with E-state index in [-0.39, 0.29) is 10.6 Å². The largest absolute Gasteiger partial charge is 0.316 e. The van der Waals surface area contributed by atoms with Crippen molar-refractivity contribution in [1.82, 2.24) is 5.32 Å². The first-order valence-corrected chi connectivity index (χ1v) is 7.57. The fourth-order valence-electron chi connectivity index (χ4n) is 1.75. The van der Waals surface area contributed by atoms with E-state index in [9.17, 15) is 10.1 Å². The van der Waals surface area contributed by atoms with Gasteiger partial charge in [0.2, 0.25) is 0 Å². The summed E-state index contributed by atoms with van der Waals surface area (Å²) in [6.45, 7) is 0.787. The first-order chi connectivity index (χ1) is 9.61. The number of hydrogen-bond donors (Lipinski definition) is 1. The average molecular weight is 353 g/mol. The number of halogens is 1. The minimum absolute atomic E-state index is 0.128. The molecule has 0 unspecified atom stereocenters. The highest BCUT2D eigenvalue weighted by molar-refractivity contribution is 9.10. The van der Waals surface area contributed by atoms with Crippen LogP contribution in [0.2, 0.25) is 0 Å². The van der Waals surface area contributed by atoms with Crippen LogP contribution in [-0.2, 0) is 6.54 Å². The lowest BCUT2D eigenvalue weighted by atomic mass is 10.2. The van der Waals surface area contributed by atoms with Crippen LogP contribution in [0.15, 0.2) is 56.7 Å². The van der Waals surface area contributed by atoms with Crippen LogP contribution in [0.1, 0.15) is 5.56 Å². The smallest absolute Gasteiger partial charge is 0.283 e. The third-order valence-corrected chi connectivity index (χ3v) is 4.72. The molecule has 2 aromatic rings. The van der Waals surface area contributed by atoms with Crippen molar-refractivity contribution in [2.75, 3.05) is 7.05 Å². The molecule has 0 aromatic heterocycles. The van der Waals surface area contributed by atoms with Gasteiger partial charge in [0.05, 0.1) is 9.82 Å². The Kier molecular flexibility index (Phi) is 5.17. The van der Waals surface area contributed by atoms with Crippen molar-refractivity contribution in [1.29, 1.82) is 0 Å². The van der Waals surface area contributed by atoms with Crippen LogP contribution in [0.5, 0.6) is 0 Å². The molecule has 1 N–H and O–H groups in total. The second-order valence-corrected chi connectivity index (χ2v) is 6.06. The lowest BCUT2D eigenvalue weighted by Crippen LogP contribution is -2.04. The molecule has 2 rings (SSSR count). The highest BCUT2D eigenvalue weighted by Crippen LogP contribution is 2.38. The average Bonchev–Trinajstić information content (AvgIpc) is 2.42. The summed E-state index contributed by atoms with van der Waals surface area (Å²) in [6.07, 6.45) is 0. The Labute approximate surface area is 129 Å². The fraction of sp³-hybridized carbons (Fsp3) is 0.143. The number of nitrogens with one attached hydrogen (secondary N) is 1. The standard InChI is InChI=1S/C14H13BrN2O2S/c1-16-9-10-6-7-13(11(15)8-10)20-14-5-3-2-4-12(14)17(18)19/h2-8,16H,9H2,1H3. The molecule has 0 aliphatic carbocycles. The van der Waals surface area contributed by atoms with Crippen molar-refractivity contribution in [3.05, 3.63) is 62.6 Å². The van der Waals surface area contributed by atoms with E-state index in [1.165, 1.54) is 17.8 Å². The zero-order valence-corrected chi connectivity index (χ0v) is 13.2. The first-order valence-electron chi connectivity index (χ1n) is 5.96. The van der Waals surface area contributed by atoms with Crippen molar-refractivity contribution in [2.45, 2.75) is 16.3 Å². The van der Waals surface area contributed by atoms with E-state index in [2.05, 4.69) is 21.2 Å². The fourth-order valence-corrected chi connectivity index (χ4v) is 3.35. The molecule has 0 fully saturated rings. The molecular weight excluding hydrogens is 340 g/mol. The Morgan fingerprint density at radius 3 is 2.65 bits per heavy atom. The number of rotatable bonds is 5. The molecule has 20 heavy (non-hydrogen) atoms. The van der Waals surface area contributed by atoms with Gasteiger partial charge in [-0.1, -0.05) is 30.0 Å². The lowest BCUT2D eigenvalue weighted by molar-refractivity contribution is -0.387. The predicted octanol–water partition coefficient (Wildman–Crippen LogP) is 4.23. The third kappa shape index (κ3) is 3.59. The molecule has 0 bridgehead atoms. The lowest BCUT2D eigenvalue weighted by Gasteiger charge is -2.07. The minimum Gasteiger partial charge on any atom is -0.316 e. The second-order valence-electron chi connectivity index (χ2n) is 4.12. The van der Waals surface area contributed by atoms with E-state index < -0.39 is 0 Å². The number of benzene rings is 2. The molecule has 0 heterocycles. The zero-order valence-electron chi connectivity index (χ0n) is 10.8. The number of para-hydroxylation sites is 1. The molecule has 0 amide bonds. The van der Waals surface area contributed by atoms with Crippen molar-refractivity contribution in [3.8, 4) is 0 Å². The second kappa shape index (κ2) is 6.88. The number of hydrogen-bond acceptors (Lipinski definition) is 4. The van der Waals surface area contributed by atoms with Gasteiger partial charge in [0.1, 0.15) is 0 Å². The molecule has 0 radical (unpaired) electrons. The van der Waals surface area contributed by atoms with Crippen LogP contribution in [-0.4, -0.2) is 12.0 Å². The van der Waals surface area contributed by atoms with Crippen molar-refractivity contribution in [3.63, 3.8) is 0 Å². The molecule has 0 atom stereocenters. The monoisotopic (exact) mass is 352 g/mol. The molecule has 104 valence electrons. The Balaban J connectivity index is 2.29. The summed E-state index contributed by atoms with van der Waals surface area (Å²) in [5, 5.41) is 14.1. The van der Waals surface area contributed by atoms with Gasteiger partial charge in [-0.3, -0.25) is 10.1 Å². The first kappa shape index (κ1) is 15.0. The van der Waals surface area contributed by atoms with Crippen molar-refractivity contribution >= 4 is 33.4 Å². The van der Waals surface area contributed by atoms with Gasteiger partial charge in [0, 0.05) is 22.0 Å². The van der Waals surface area contributed by atoms with Gasteiger partial charge in [-0.15, -0.1) is 0 Å². The van der Waals surface area contributed by atoms with Gasteiger partial charge in [-0.25, -0.2) is 0 Å². The third-order valence-electron chi connectivity index (χ3n) is 2.66. The summed E-state index contributed by atoms with van der Waals surface area (Å²) >= 11 is 4.90. The summed E-state index contributed by atoms with van der Waals surface area (Å²) in [5.41, 5.74) is 1.29. The number of nitro groups is 1. The highest BCUT2D eigenvalue weighted by atomic mass is 79.9. The Bertz CT molecular complexity index is 634. The maximum absolute atomic E-state index is 11.0. The Hall–Kier alpha value is -1.37. The Morgan fingerprint density at radius 1 is 1.25 bits per heavy atom. The molecule has 0 aliphatic rings. The topological polar surface area (TPSA) is 55.2 Å². The minimum atomic E-state index is -0.356. The molecule has 2 aromatic carbocycles. The van der Waals surface area contributed by atoms with Crippen LogP contribution in [0, 0.1) is 10.1 Å². The van der Waals surface area contributed by atoms with E-state index >= 15 is 0 Å². The quantitative estimate of drug-likeness (QED) is 0.646. The summed E-state index contributed by atoms with van der Waals surface area (Å²) in [4.78, 5) is 12.2. The maximum atomic E-state index is 11.0. The summed E-state index contributed by atoms with van der Waals surface area (Å²) in [5.74, 6) is 0. The number of nitrogens with zero attached hydrogens (tertiary/aromatic N) is 1.